The maximum atomic E-state index is 12.7. The molecule has 1 aromatic rings. The molecule has 72 valence electrons. The lowest BCUT2D eigenvalue weighted by atomic mass is 10.2. The molecule has 0 heterocycles. The normalized spacial score (nSPS) is 10.5. The average molecular weight is 213 g/mol. The summed E-state index contributed by atoms with van der Waals surface area (Å²) >= 11 is -0.426. The summed E-state index contributed by atoms with van der Waals surface area (Å²) in [5.41, 5.74) is 3.44. The lowest BCUT2D eigenvalue weighted by Gasteiger charge is -2.05. The Bertz CT molecular complexity index is 328. The van der Waals surface area contributed by atoms with Crippen molar-refractivity contribution < 1.29 is 22.1 Å². The summed E-state index contributed by atoms with van der Waals surface area (Å²) in [6.45, 7) is 0. The van der Waals surface area contributed by atoms with Crippen molar-refractivity contribution in [2.75, 3.05) is 5.73 Å². The lowest BCUT2D eigenvalue weighted by Crippen LogP contribution is -2.04. The highest BCUT2D eigenvalue weighted by Gasteiger charge is 2.23. The van der Waals surface area contributed by atoms with Crippen LogP contribution in [0.15, 0.2) is 4.90 Å². The molecule has 2 nitrogen and oxygen atoms in total. The van der Waals surface area contributed by atoms with Crippen LogP contribution < -0.4 is 5.73 Å². The van der Waals surface area contributed by atoms with E-state index in [4.69, 9.17) is 4.55 Å². The molecule has 0 aliphatic rings. The fourth-order valence-corrected chi connectivity index (χ4v) is 1.05. The second-order valence-corrected chi connectivity index (χ2v) is 2.68. The minimum atomic E-state index is -1.71. The van der Waals surface area contributed by atoms with Crippen LogP contribution in [0.1, 0.15) is 0 Å². The van der Waals surface area contributed by atoms with Crippen molar-refractivity contribution in [2.24, 2.45) is 0 Å². The van der Waals surface area contributed by atoms with Gasteiger partial charge in [-0.2, -0.15) is 0 Å². The molecular formula is C6H3F4NOS. The summed E-state index contributed by atoms with van der Waals surface area (Å²) in [6.07, 6.45) is 0. The van der Waals surface area contributed by atoms with Crippen molar-refractivity contribution in [1.29, 1.82) is 0 Å². The second kappa shape index (κ2) is 3.43. The molecule has 3 N–H and O–H groups in total. The van der Waals surface area contributed by atoms with Gasteiger partial charge in [-0.15, -0.1) is 0 Å². The summed E-state index contributed by atoms with van der Waals surface area (Å²) in [5, 5.41) is 0. The van der Waals surface area contributed by atoms with Crippen LogP contribution in [-0.2, 0) is 0 Å². The monoisotopic (exact) mass is 213 g/mol. The highest BCUT2D eigenvalue weighted by atomic mass is 32.2. The van der Waals surface area contributed by atoms with Crippen LogP contribution in [0.3, 0.4) is 0 Å². The molecule has 0 unspecified atom stereocenters. The van der Waals surface area contributed by atoms with Crippen molar-refractivity contribution in [2.45, 2.75) is 4.90 Å². The first-order valence-corrected chi connectivity index (χ1v) is 3.70. The van der Waals surface area contributed by atoms with E-state index < -0.39 is 45.9 Å². The van der Waals surface area contributed by atoms with Crippen LogP contribution in [0.4, 0.5) is 23.2 Å². The zero-order chi connectivity index (χ0) is 10.2. The quantitative estimate of drug-likeness (QED) is 0.326. The van der Waals surface area contributed by atoms with E-state index in [9.17, 15) is 17.6 Å². The van der Waals surface area contributed by atoms with Crippen molar-refractivity contribution in [3.63, 3.8) is 0 Å². The predicted molar refractivity (Wildman–Crippen MR) is 39.2 cm³/mol. The van der Waals surface area contributed by atoms with Crippen molar-refractivity contribution in [1.82, 2.24) is 0 Å². The average Bonchev–Trinajstić information content (AvgIpc) is 2.13. The number of hydrogen-bond donors (Lipinski definition) is 2. The van der Waals surface area contributed by atoms with Gasteiger partial charge in [0.15, 0.2) is 23.3 Å². The van der Waals surface area contributed by atoms with E-state index in [1.165, 1.54) is 0 Å². The van der Waals surface area contributed by atoms with Crippen LogP contribution in [-0.4, -0.2) is 4.55 Å². The largest absolute Gasteiger partial charge is 0.394 e. The van der Waals surface area contributed by atoms with Crippen LogP contribution in [0.25, 0.3) is 0 Å². The Labute approximate surface area is 74.6 Å². The second-order valence-electron chi connectivity index (χ2n) is 2.09. The third kappa shape index (κ3) is 1.44. The Kier molecular flexibility index (Phi) is 2.67. The van der Waals surface area contributed by atoms with Gasteiger partial charge < -0.3 is 10.3 Å². The zero-order valence-electron chi connectivity index (χ0n) is 5.94. The molecule has 0 aliphatic heterocycles. The Balaban J connectivity index is 3.56. The van der Waals surface area contributed by atoms with Crippen LogP contribution in [0.2, 0.25) is 0 Å². The summed E-state index contributed by atoms with van der Waals surface area (Å²) in [5.74, 6) is -6.83. The Morgan fingerprint density at radius 3 is 1.62 bits per heavy atom. The topological polar surface area (TPSA) is 46.2 Å². The third-order valence-corrected chi connectivity index (χ3v) is 1.89. The van der Waals surface area contributed by atoms with Gasteiger partial charge in [0.1, 0.15) is 10.6 Å². The van der Waals surface area contributed by atoms with Crippen molar-refractivity contribution in [3.8, 4) is 0 Å². The first-order valence-electron chi connectivity index (χ1n) is 2.93. The Morgan fingerprint density at radius 2 is 1.31 bits per heavy atom. The third-order valence-electron chi connectivity index (χ3n) is 1.35. The van der Waals surface area contributed by atoms with Gasteiger partial charge in [-0.3, -0.25) is 0 Å². The molecule has 0 aromatic heterocycles. The summed E-state index contributed by atoms with van der Waals surface area (Å²) in [6, 6.07) is 0. The predicted octanol–water partition coefficient (Wildman–Crippen LogP) is 2.39. The smallest absolute Gasteiger partial charge is 0.186 e. The molecule has 0 spiro atoms. The number of nitrogens with two attached hydrogens (primary N) is 1. The molecule has 0 saturated heterocycles. The van der Waals surface area contributed by atoms with E-state index in [1.807, 2.05) is 0 Å². The number of benzene rings is 1. The Morgan fingerprint density at radius 1 is 0.923 bits per heavy atom. The SMILES string of the molecule is Nc1c(F)c(F)c(SO)c(F)c1F. The van der Waals surface area contributed by atoms with E-state index >= 15 is 0 Å². The first-order chi connectivity index (χ1) is 6.00. The lowest BCUT2D eigenvalue weighted by molar-refractivity contribution is 0.428. The van der Waals surface area contributed by atoms with Crippen LogP contribution in [0, 0.1) is 23.3 Å². The molecule has 0 fully saturated rings. The van der Waals surface area contributed by atoms with Gasteiger partial charge in [-0.25, -0.2) is 17.6 Å². The van der Waals surface area contributed by atoms with E-state index in [-0.39, 0.29) is 0 Å². The van der Waals surface area contributed by atoms with E-state index in [0.717, 1.165) is 0 Å². The number of hydrogen-bond acceptors (Lipinski definition) is 3. The summed E-state index contributed by atoms with van der Waals surface area (Å²) < 4.78 is 58.8. The van der Waals surface area contributed by atoms with E-state index in [0.29, 0.717) is 0 Å². The summed E-state index contributed by atoms with van der Waals surface area (Å²) in [4.78, 5) is -1.15. The van der Waals surface area contributed by atoms with Gasteiger partial charge in [0, 0.05) is 12.0 Å². The van der Waals surface area contributed by atoms with Crippen LogP contribution in [0.5, 0.6) is 0 Å². The molecule has 1 rings (SSSR count). The molecule has 0 atom stereocenters. The standard InChI is InChI=1S/C6H3F4NOS/c7-1-3(9)6(13-12)4(10)2(8)5(1)11/h12H,11H2. The van der Waals surface area contributed by atoms with Crippen molar-refractivity contribution >= 4 is 17.7 Å². The van der Waals surface area contributed by atoms with Gasteiger partial charge in [-0.05, 0) is 0 Å². The molecular weight excluding hydrogens is 210 g/mol. The fourth-order valence-electron chi connectivity index (χ4n) is 0.709. The maximum Gasteiger partial charge on any atom is 0.186 e. The molecule has 13 heavy (non-hydrogen) atoms. The number of anilines is 1. The molecule has 1 aromatic carbocycles. The molecule has 0 amide bonds. The highest BCUT2D eigenvalue weighted by molar-refractivity contribution is 7.93. The summed E-state index contributed by atoms with van der Waals surface area (Å²) in [7, 11) is 0. The molecule has 7 heteroatoms. The van der Waals surface area contributed by atoms with Gasteiger partial charge >= 0.3 is 0 Å². The molecule has 0 bridgehead atoms. The van der Waals surface area contributed by atoms with Gasteiger partial charge in [-0.1, -0.05) is 0 Å². The molecule has 0 aliphatic carbocycles. The van der Waals surface area contributed by atoms with Crippen LogP contribution >= 0.6 is 12.0 Å². The van der Waals surface area contributed by atoms with E-state index in [2.05, 4.69) is 5.73 Å². The Hall–Kier alpha value is -0.950. The molecule has 0 saturated carbocycles. The first kappa shape index (κ1) is 10.1. The highest BCUT2D eigenvalue weighted by Crippen LogP contribution is 2.30. The minimum Gasteiger partial charge on any atom is -0.394 e. The number of rotatable bonds is 1. The van der Waals surface area contributed by atoms with Gasteiger partial charge in [0.25, 0.3) is 0 Å². The number of halogens is 4. The number of nitrogen functional groups attached to an aromatic ring is 1. The fraction of sp³-hybridized carbons (Fsp3) is 0. The van der Waals surface area contributed by atoms with Gasteiger partial charge in [0.05, 0.1) is 0 Å². The van der Waals surface area contributed by atoms with Crippen molar-refractivity contribution in [3.05, 3.63) is 23.3 Å². The molecule has 0 radical (unpaired) electrons. The minimum absolute atomic E-state index is 0.426. The maximum absolute atomic E-state index is 12.7. The zero-order valence-corrected chi connectivity index (χ0v) is 6.76. The van der Waals surface area contributed by atoms with E-state index in [1.54, 1.807) is 0 Å². The van der Waals surface area contributed by atoms with Gasteiger partial charge in [0.2, 0.25) is 0 Å².